The van der Waals surface area contributed by atoms with Gasteiger partial charge in [-0.05, 0) is 31.2 Å². The standard InChI is InChI=1S/C15H20ClN5O2.HI/c1-10(22-13-6-4-12(16)5-7-13)8-18-15(17-3)19-9-14-20-11(2)23-21-14;/h4-7,10H,8-9H2,1-3H3,(H2,17,18,19);1H. The van der Waals surface area contributed by atoms with Gasteiger partial charge in [-0.3, -0.25) is 4.99 Å². The van der Waals surface area contributed by atoms with E-state index >= 15 is 0 Å². The molecule has 0 bridgehead atoms. The number of guanidine groups is 1. The van der Waals surface area contributed by atoms with Crippen LogP contribution >= 0.6 is 35.6 Å². The number of aryl methyl sites for hydroxylation is 1. The summed E-state index contributed by atoms with van der Waals surface area (Å²) in [5.74, 6) is 2.53. The number of halogens is 2. The van der Waals surface area contributed by atoms with E-state index in [0.717, 1.165) is 5.75 Å². The van der Waals surface area contributed by atoms with Crippen molar-refractivity contribution in [2.24, 2.45) is 4.99 Å². The molecule has 24 heavy (non-hydrogen) atoms. The summed E-state index contributed by atoms with van der Waals surface area (Å²) in [6.07, 6.45) is -0.0397. The van der Waals surface area contributed by atoms with E-state index in [1.807, 2.05) is 19.1 Å². The fourth-order valence-electron chi connectivity index (χ4n) is 1.82. The Bertz CT molecular complexity index is 648. The van der Waals surface area contributed by atoms with E-state index in [9.17, 15) is 0 Å². The van der Waals surface area contributed by atoms with Crippen LogP contribution in [0, 0.1) is 6.92 Å². The van der Waals surface area contributed by atoms with Crippen LogP contribution in [0.5, 0.6) is 5.75 Å². The molecule has 2 aromatic rings. The summed E-state index contributed by atoms with van der Waals surface area (Å²) in [6.45, 7) is 4.74. The van der Waals surface area contributed by atoms with Crippen LogP contribution < -0.4 is 15.4 Å². The molecule has 1 aromatic heterocycles. The van der Waals surface area contributed by atoms with E-state index in [1.165, 1.54) is 0 Å². The Balaban J connectivity index is 0.00000288. The first-order valence-corrected chi connectivity index (χ1v) is 7.60. The second-order valence-corrected chi connectivity index (χ2v) is 5.36. The van der Waals surface area contributed by atoms with Crippen molar-refractivity contribution >= 4 is 41.5 Å². The van der Waals surface area contributed by atoms with E-state index in [1.54, 1.807) is 26.1 Å². The maximum atomic E-state index is 5.85. The lowest BCUT2D eigenvalue weighted by atomic mass is 10.3. The number of benzene rings is 1. The molecule has 0 saturated carbocycles. The molecule has 0 aliphatic carbocycles. The quantitative estimate of drug-likeness (QED) is 0.388. The zero-order chi connectivity index (χ0) is 16.7. The Morgan fingerprint density at radius 3 is 2.62 bits per heavy atom. The van der Waals surface area contributed by atoms with E-state index < -0.39 is 0 Å². The third kappa shape index (κ3) is 6.91. The molecular weight excluding hydrogens is 445 g/mol. The number of ether oxygens (including phenoxy) is 1. The van der Waals surface area contributed by atoms with E-state index in [0.29, 0.717) is 35.8 Å². The van der Waals surface area contributed by atoms with Crippen molar-refractivity contribution < 1.29 is 9.26 Å². The molecule has 0 amide bonds. The van der Waals surface area contributed by atoms with Crippen molar-refractivity contribution in [1.82, 2.24) is 20.8 Å². The summed E-state index contributed by atoms with van der Waals surface area (Å²) in [7, 11) is 1.70. The zero-order valence-corrected chi connectivity index (χ0v) is 16.8. The van der Waals surface area contributed by atoms with Crippen molar-refractivity contribution in [3.8, 4) is 5.75 Å². The summed E-state index contributed by atoms with van der Waals surface area (Å²) in [5, 5.41) is 10.8. The van der Waals surface area contributed by atoms with Crippen LogP contribution in [0.4, 0.5) is 0 Å². The van der Waals surface area contributed by atoms with Gasteiger partial charge in [0.05, 0.1) is 13.1 Å². The number of nitrogens with one attached hydrogen (secondary N) is 2. The van der Waals surface area contributed by atoms with Crippen molar-refractivity contribution in [2.75, 3.05) is 13.6 Å². The average Bonchev–Trinajstić information content (AvgIpc) is 2.95. The molecule has 1 heterocycles. The van der Waals surface area contributed by atoms with Crippen LogP contribution in [-0.2, 0) is 6.54 Å². The molecule has 132 valence electrons. The topological polar surface area (TPSA) is 84.6 Å². The lowest BCUT2D eigenvalue weighted by Gasteiger charge is -2.17. The number of hydrogen-bond acceptors (Lipinski definition) is 5. The highest BCUT2D eigenvalue weighted by molar-refractivity contribution is 14.0. The summed E-state index contributed by atoms with van der Waals surface area (Å²) >= 11 is 5.85. The van der Waals surface area contributed by atoms with Crippen molar-refractivity contribution in [2.45, 2.75) is 26.5 Å². The van der Waals surface area contributed by atoms with Gasteiger partial charge in [0.15, 0.2) is 11.8 Å². The molecule has 0 radical (unpaired) electrons. The molecule has 7 nitrogen and oxygen atoms in total. The lowest BCUT2D eigenvalue weighted by molar-refractivity contribution is 0.224. The Morgan fingerprint density at radius 2 is 2.04 bits per heavy atom. The third-order valence-electron chi connectivity index (χ3n) is 2.92. The van der Waals surface area contributed by atoms with Gasteiger partial charge < -0.3 is 19.9 Å². The molecule has 1 atom stereocenters. The van der Waals surface area contributed by atoms with Gasteiger partial charge in [-0.1, -0.05) is 16.8 Å². The van der Waals surface area contributed by atoms with Crippen LogP contribution in [0.3, 0.4) is 0 Å². The highest BCUT2D eigenvalue weighted by Gasteiger charge is 2.07. The van der Waals surface area contributed by atoms with Gasteiger partial charge in [0.25, 0.3) is 0 Å². The average molecular weight is 466 g/mol. The van der Waals surface area contributed by atoms with Gasteiger partial charge in [0, 0.05) is 19.0 Å². The van der Waals surface area contributed by atoms with Gasteiger partial charge >= 0.3 is 0 Å². The predicted octanol–water partition coefficient (Wildman–Crippen LogP) is 2.78. The van der Waals surface area contributed by atoms with Gasteiger partial charge in [0.1, 0.15) is 11.9 Å². The number of hydrogen-bond donors (Lipinski definition) is 2. The maximum Gasteiger partial charge on any atom is 0.223 e. The molecule has 9 heteroatoms. The number of aromatic nitrogens is 2. The summed E-state index contributed by atoms with van der Waals surface area (Å²) < 4.78 is 10.7. The molecule has 0 fully saturated rings. The summed E-state index contributed by atoms with van der Waals surface area (Å²) in [5.41, 5.74) is 0. The summed E-state index contributed by atoms with van der Waals surface area (Å²) in [6, 6.07) is 7.27. The minimum atomic E-state index is -0.0397. The second-order valence-electron chi connectivity index (χ2n) is 4.92. The Hall–Kier alpha value is -1.55. The van der Waals surface area contributed by atoms with Crippen LogP contribution in [0.25, 0.3) is 0 Å². The van der Waals surface area contributed by atoms with Gasteiger partial charge in [-0.15, -0.1) is 24.0 Å². The molecule has 2 rings (SSSR count). The van der Waals surface area contributed by atoms with Gasteiger partial charge in [-0.25, -0.2) is 0 Å². The van der Waals surface area contributed by atoms with E-state index in [-0.39, 0.29) is 30.1 Å². The van der Waals surface area contributed by atoms with Gasteiger partial charge in [-0.2, -0.15) is 4.98 Å². The Morgan fingerprint density at radius 1 is 1.33 bits per heavy atom. The number of nitrogens with zero attached hydrogens (tertiary/aromatic N) is 3. The monoisotopic (exact) mass is 465 g/mol. The highest BCUT2D eigenvalue weighted by Crippen LogP contribution is 2.16. The summed E-state index contributed by atoms with van der Waals surface area (Å²) in [4.78, 5) is 8.25. The highest BCUT2D eigenvalue weighted by atomic mass is 127. The van der Waals surface area contributed by atoms with Crippen LogP contribution in [0.15, 0.2) is 33.8 Å². The maximum absolute atomic E-state index is 5.85. The molecule has 1 unspecified atom stereocenters. The minimum absolute atomic E-state index is 0. The molecule has 2 N–H and O–H groups in total. The van der Waals surface area contributed by atoms with E-state index in [2.05, 4.69) is 25.8 Å². The van der Waals surface area contributed by atoms with Crippen molar-refractivity contribution in [1.29, 1.82) is 0 Å². The van der Waals surface area contributed by atoms with Crippen molar-refractivity contribution in [3.63, 3.8) is 0 Å². The first-order valence-electron chi connectivity index (χ1n) is 7.22. The van der Waals surface area contributed by atoms with Crippen LogP contribution in [0.1, 0.15) is 18.6 Å². The smallest absolute Gasteiger partial charge is 0.223 e. The Kier molecular flexibility index (Phi) is 8.83. The first kappa shape index (κ1) is 20.5. The second kappa shape index (κ2) is 10.3. The SMILES string of the molecule is CN=C(NCc1noc(C)n1)NCC(C)Oc1ccc(Cl)cc1.I. The van der Waals surface area contributed by atoms with E-state index in [4.69, 9.17) is 20.9 Å². The normalized spacial score (nSPS) is 12.2. The predicted molar refractivity (Wildman–Crippen MR) is 104 cm³/mol. The number of aliphatic imine (C=N–C) groups is 1. The van der Waals surface area contributed by atoms with Crippen LogP contribution in [0.2, 0.25) is 5.02 Å². The largest absolute Gasteiger partial charge is 0.489 e. The van der Waals surface area contributed by atoms with Crippen LogP contribution in [-0.4, -0.2) is 35.8 Å². The van der Waals surface area contributed by atoms with Crippen molar-refractivity contribution in [3.05, 3.63) is 41.0 Å². The molecule has 0 aliphatic heterocycles. The molecule has 1 aromatic carbocycles. The number of rotatable bonds is 6. The molecule has 0 spiro atoms. The third-order valence-corrected chi connectivity index (χ3v) is 3.17. The molecule has 0 saturated heterocycles. The zero-order valence-electron chi connectivity index (χ0n) is 13.7. The molecular formula is C15H21ClIN5O2. The minimum Gasteiger partial charge on any atom is -0.489 e. The fourth-order valence-corrected chi connectivity index (χ4v) is 1.95. The lowest BCUT2D eigenvalue weighted by Crippen LogP contribution is -2.41. The van der Waals surface area contributed by atoms with Gasteiger partial charge in [0.2, 0.25) is 5.89 Å². The fraction of sp³-hybridized carbons (Fsp3) is 0.400. The Labute approximate surface area is 163 Å². The molecule has 0 aliphatic rings. The first-order chi connectivity index (χ1) is 11.1.